The lowest BCUT2D eigenvalue weighted by Gasteiger charge is -2.32. The third kappa shape index (κ3) is 4.65. The van der Waals surface area contributed by atoms with Gasteiger partial charge in [-0.05, 0) is 92.3 Å². The lowest BCUT2D eigenvalue weighted by atomic mass is 9.68. The maximum atomic E-state index is 13.0. The number of esters is 2. The number of rotatable bonds is 6. The van der Waals surface area contributed by atoms with Gasteiger partial charge in [-0.3, -0.25) is 0 Å². The molecule has 2 heterocycles. The topological polar surface area (TPSA) is 89.5 Å². The molecule has 0 amide bonds. The molecule has 2 aliphatic rings. The minimum atomic E-state index is -0.884. The zero-order chi connectivity index (χ0) is 25.7. The average molecular weight is 474 g/mol. The molecule has 2 fully saturated rings. The summed E-state index contributed by atoms with van der Waals surface area (Å²) in [5.74, 6) is -1.11. The number of hydrogen-bond donors (Lipinski definition) is 0. The van der Waals surface area contributed by atoms with Gasteiger partial charge in [0.05, 0.1) is 46.7 Å². The maximum Gasteiger partial charge on any atom is 0.495 e. The Morgan fingerprint density at radius 2 is 0.912 bits per heavy atom. The second kappa shape index (κ2) is 8.97. The van der Waals surface area contributed by atoms with E-state index in [0.717, 1.165) is 0 Å². The van der Waals surface area contributed by atoms with Crippen LogP contribution >= 0.6 is 0 Å². The molecule has 0 aliphatic carbocycles. The van der Waals surface area contributed by atoms with Crippen molar-refractivity contribution in [2.45, 2.75) is 91.6 Å². The quantitative estimate of drug-likeness (QED) is 0.460. The highest BCUT2D eigenvalue weighted by Crippen LogP contribution is 2.38. The lowest BCUT2D eigenvalue weighted by Crippen LogP contribution is -2.45. The average Bonchev–Trinajstić information content (AvgIpc) is 3.06. The number of benzene rings is 1. The summed E-state index contributed by atoms with van der Waals surface area (Å²) in [5, 5.41) is 0. The van der Waals surface area contributed by atoms with Gasteiger partial charge in [-0.1, -0.05) is 0 Å². The molecule has 0 bridgehead atoms. The molecule has 34 heavy (non-hydrogen) atoms. The Labute approximate surface area is 203 Å². The molecule has 8 nitrogen and oxygen atoms in total. The third-order valence-electron chi connectivity index (χ3n) is 7.23. The fourth-order valence-electron chi connectivity index (χ4n) is 3.73. The zero-order valence-corrected chi connectivity index (χ0v) is 22.0. The molecule has 0 N–H and O–H groups in total. The summed E-state index contributed by atoms with van der Waals surface area (Å²) in [6.07, 6.45) is 0. The van der Waals surface area contributed by atoms with Crippen molar-refractivity contribution in [3.8, 4) is 0 Å². The van der Waals surface area contributed by atoms with Gasteiger partial charge in [0.25, 0.3) is 0 Å². The Bertz CT molecular complexity index is 860. The van der Waals surface area contributed by atoms with Crippen LogP contribution in [0.4, 0.5) is 0 Å². The smallest absolute Gasteiger partial charge is 0.462 e. The summed E-state index contributed by atoms with van der Waals surface area (Å²) in [6.45, 7) is 19.2. The van der Waals surface area contributed by atoms with Gasteiger partial charge in [-0.2, -0.15) is 0 Å². The first-order valence-electron chi connectivity index (χ1n) is 11.8. The molecular formula is C24H36B2O8. The van der Waals surface area contributed by atoms with Gasteiger partial charge >= 0.3 is 26.2 Å². The van der Waals surface area contributed by atoms with Crippen LogP contribution in [0.15, 0.2) is 12.1 Å². The van der Waals surface area contributed by atoms with E-state index in [1.54, 1.807) is 26.0 Å². The molecule has 3 rings (SSSR count). The van der Waals surface area contributed by atoms with Gasteiger partial charge in [0.2, 0.25) is 0 Å². The van der Waals surface area contributed by atoms with Crippen LogP contribution in [0.2, 0.25) is 0 Å². The standard InChI is InChI=1S/C24H36B2O8/c1-11-29-19(27)15-13-18(26-33-23(7,8)24(9,10)34-26)16(20(28)30-12-2)14-17(15)25-31-21(3,4)22(5,6)32-25/h13-14H,11-12H2,1-10H3. The van der Waals surface area contributed by atoms with Crippen molar-refractivity contribution in [2.24, 2.45) is 0 Å². The monoisotopic (exact) mass is 474 g/mol. The molecule has 2 saturated heterocycles. The van der Waals surface area contributed by atoms with Gasteiger partial charge in [-0.15, -0.1) is 0 Å². The van der Waals surface area contributed by atoms with E-state index < -0.39 is 48.6 Å². The fourth-order valence-corrected chi connectivity index (χ4v) is 3.73. The van der Waals surface area contributed by atoms with E-state index >= 15 is 0 Å². The van der Waals surface area contributed by atoms with E-state index in [-0.39, 0.29) is 24.3 Å². The van der Waals surface area contributed by atoms with Crippen molar-refractivity contribution in [2.75, 3.05) is 13.2 Å². The molecule has 1 aromatic carbocycles. The summed E-state index contributed by atoms with van der Waals surface area (Å²) in [4.78, 5) is 26.1. The van der Waals surface area contributed by atoms with Gasteiger partial charge in [0.1, 0.15) is 0 Å². The van der Waals surface area contributed by atoms with Crippen LogP contribution in [0, 0.1) is 0 Å². The van der Waals surface area contributed by atoms with E-state index in [4.69, 9.17) is 28.1 Å². The Morgan fingerprint density at radius 1 is 0.647 bits per heavy atom. The first-order valence-corrected chi connectivity index (χ1v) is 11.8. The van der Waals surface area contributed by atoms with Crippen molar-refractivity contribution in [1.29, 1.82) is 0 Å². The highest BCUT2D eigenvalue weighted by molar-refractivity contribution is 6.66. The molecule has 0 aromatic heterocycles. The molecular weight excluding hydrogens is 438 g/mol. The molecule has 1 aromatic rings. The molecule has 0 saturated carbocycles. The van der Waals surface area contributed by atoms with Crippen LogP contribution in [0.1, 0.15) is 90.0 Å². The van der Waals surface area contributed by atoms with E-state index in [0.29, 0.717) is 10.9 Å². The molecule has 186 valence electrons. The first-order chi connectivity index (χ1) is 15.6. The first kappa shape index (κ1) is 26.7. The zero-order valence-electron chi connectivity index (χ0n) is 22.0. The van der Waals surface area contributed by atoms with Crippen LogP contribution in [0.25, 0.3) is 0 Å². The second-order valence-corrected chi connectivity index (χ2v) is 10.6. The molecule has 0 atom stereocenters. The Balaban J connectivity index is 2.20. The lowest BCUT2D eigenvalue weighted by molar-refractivity contribution is 0.00578. The van der Waals surface area contributed by atoms with Crippen molar-refractivity contribution in [3.63, 3.8) is 0 Å². The fraction of sp³-hybridized carbons (Fsp3) is 0.667. The largest absolute Gasteiger partial charge is 0.495 e. The van der Waals surface area contributed by atoms with Gasteiger partial charge in [-0.25, -0.2) is 9.59 Å². The molecule has 10 heteroatoms. The Morgan fingerprint density at radius 3 is 1.15 bits per heavy atom. The van der Waals surface area contributed by atoms with Crippen LogP contribution < -0.4 is 10.9 Å². The van der Waals surface area contributed by atoms with Crippen molar-refractivity contribution >= 4 is 37.1 Å². The molecule has 0 spiro atoms. The highest BCUT2D eigenvalue weighted by Gasteiger charge is 2.55. The van der Waals surface area contributed by atoms with Crippen molar-refractivity contribution in [1.82, 2.24) is 0 Å². The summed E-state index contributed by atoms with van der Waals surface area (Å²) < 4.78 is 35.5. The minimum Gasteiger partial charge on any atom is -0.462 e. The van der Waals surface area contributed by atoms with Gasteiger partial charge in [0, 0.05) is 0 Å². The Kier molecular flexibility index (Phi) is 7.05. The number of hydrogen-bond acceptors (Lipinski definition) is 8. The van der Waals surface area contributed by atoms with E-state index in [2.05, 4.69) is 0 Å². The summed E-state index contributed by atoms with van der Waals surface area (Å²) in [7, 11) is -1.77. The normalized spacial score (nSPS) is 22.1. The van der Waals surface area contributed by atoms with Crippen LogP contribution in [-0.2, 0) is 28.1 Å². The summed E-state index contributed by atoms with van der Waals surface area (Å²) in [6, 6.07) is 3.15. The predicted octanol–water partition coefficient (Wildman–Crippen LogP) is 2.64. The number of carbonyl (C=O) groups is 2. The van der Waals surface area contributed by atoms with E-state index in [9.17, 15) is 9.59 Å². The number of ether oxygens (including phenoxy) is 2. The summed E-state index contributed by atoms with van der Waals surface area (Å²) in [5.41, 5.74) is -1.34. The molecule has 0 radical (unpaired) electrons. The second-order valence-electron chi connectivity index (χ2n) is 10.6. The maximum absolute atomic E-state index is 13.0. The third-order valence-corrected chi connectivity index (χ3v) is 7.23. The van der Waals surface area contributed by atoms with E-state index in [1.807, 2.05) is 55.4 Å². The van der Waals surface area contributed by atoms with Crippen LogP contribution in [0.5, 0.6) is 0 Å². The SMILES string of the molecule is CCOC(=O)c1cc(B2OC(C)(C)C(C)(C)O2)c(C(=O)OCC)cc1B1OC(C)(C)C(C)(C)O1. The molecule has 0 unspecified atom stereocenters. The van der Waals surface area contributed by atoms with Crippen molar-refractivity contribution < 1.29 is 37.7 Å². The van der Waals surface area contributed by atoms with E-state index in [1.165, 1.54) is 0 Å². The van der Waals surface area contributed by atoms with Crippen molar-refractivity contribution in [3.05, 3.63) is 23.3 Å². The van der Waals surface area contributed by atoms with Crippen LogP contribution in [-0.4, -0.2) is 61.8 Å². The highest BCUT2D eigenvalue weighted by atomic mass is 16.7. The minimum absolute atomic E-state index is 0.188. The van der Waals surface area contributed by atoms with Gasteiger partial charge < -0.3 is 28.1 Å². The predicted molar refractivity (Wildman–Crippen MR) is 130 cm³/mol. The van der Waals surface area contributed by atoms with Gasteiger partial charge in [0.15, 0.2) is 0 Å². The number of carbonyl (C=O) groups excluding carboxylic acids is 2. The summed E-state index contributed by atoms with van der Waals surface area (Å²) >= 11 is 0. The molecule has 2 aliphatic heterocycles. The Hall–Kier alpha value is -1.87. The van der Waals surface area contributed by atoms with Crippen LogP contribution in [0.3, 0.4) is 0 Å².